The number of hydrogen-bond donors (Lipinski definition) is 1. The minimum absolute atomic E-state index is 0.0748. The van der Waals surface area contributed by atoms with Crippen molar-refractivity contribution in [2.75, 3.05) is 11.9 Å². The van der Waals surface area contributed by atoms with Gasteiger partial charge in [-0.05, 0) is 54.8 Å². The van der Waals surface area contributed by atoms with Gasteiger partial charge >= 0.3 is 5.97 Å². The van der Waals surface area contributed by atoms with Crippen LogP contribution >= 0.6 is 0 Å². The highest BCUT2D eigenvalue weighted by Crippen LogP contribution is 2.13. The number of aryl methyl sites for hydroxylation is 2. The highest BCUT2D eigenvalue weighted by atomic mass is 19.1. The summed E-state index contributed by atoms with van der Waals surface area (Å²) in [6, 6.07) is 11.4. The van der Waals surface area contributed by atoms with Crippen LogP contribution in [-0.4, -0.2) is 18.5 Å². The van der Waals surface area contributed by atoms with Gasteiger partial charge in [0.1, 0.15) is 5.82 Å². The molecule has 0 spiro atoms. The standard InChI is InChI=1S/C18H18FNO3/c1-12-6-13(2)8-16(7-12)20-17(21)11-23-18(22)10-14-4-3-5-15(19)9-14/h3-9H,10-11H2,1-2H3,(H,20,21). The molecule has 0 saturated carbocycles. The molecule has 23 heavy (non-hydrogen) atoms. The van der Waals surface area contributed by atoms with Crippen LogP contribution in [-0.2, 0) is 20.7 Å². The van der Waals surface area contributed by atoms with E-state index >= 15 is 0 Å². The zero-order chi connectivity index (χ0) is 16.8. The SMILES string of the molecule is Cc1cc(C)cc(NC(=O)COC(=O)Cc2cccc(F)c2)c1. The van der Waals surface area contributed by atoms with Gasteiger partial charge in [-0.15, -0.1) is 0 Å². The molecule has 2 rings (SSSR count). The Morgan fingerprint density at radius 2 is 1.78 bits per heavy atom. The Hall–Kier alpha value is -2.69. The van der Waals surface area contributed by atoms with Crippen LogP contribution in [0.3, 0.4) is 0 Å². The third-order valence-corrected chi connectivity index (χ3v) is 3.11. The van der Waals surface area contributed by atoms with Crippen LogP contribution in [0.15, 0.2) is 42.5 Å². The van der Waals surface area contributed by atoms with Gasteiger partial charge in [-0.1, -0.05) is 18.2 Å². The summed E-state index contributed by atoms with van der Waals surface area (Å²) in [5.74, 6) is -1.41. The first-order valence-corrected chi connectivity index (χ1v) is 7.20. The number of carbonyl (C=O) groups excluding carboxylic acids is 2. The van der Waals surface area contributed by atoms with Crippen LogP contribution < -0.4 is 5.32 Å². The van der Waals surface area contributed by atoms with Crippen molar-refractivity contribution in [2.45, 2.75) is 20.3 Å². The van der Waals surface area contributed by atoms with Gasteiger partial charge in [0.05, 0.1) is 6.42 Å². The largest absolute Gasteiger partial charge is 0.455 e. The van der Waals surface area contributed by atoms with Gasteiger partial charge in [-0.3, -0.25) is 9.59 Å². The fraction of sp³-hybridized carbons (Fsp3) is 0.222. The summed E-state index contributed by atoms with van der Waals surface area (Å²) in [5, 5.41) is 2.68. The number of halogens is 1. The van der Waals surface area contributed by atoms with Gasteiger partial charge in [0.2, 0.25) is 0 Å². The normalized spacial score (nSPS) is 10.2. The average Bonchev–Trinajstić information content (AvgIpc) is 2.44. The molecule has 2 aromatic rings. The van der Waals surface area contributed by atoms with Crippen molar-refractivity contribution in [2.24, 2.45) is 0 Å². The maximum atomic E-state index is 13.0. The van der Waals surface area contributed by atoms with Crippen LogP contribution in [0.4, 0.5) is 10.1 Å². The molecule has 1 N–H and O–H groups in total. The summed E-state index contributed by atoms with van der Waals surface area (Å²) in [6.07, 6.45) is -0.0748. The molecule has 1 amide bonds. The number of esters is 1. The molecule has 5 heteroatoms. The summed E-state index contributed by atoms with van der Waals surface area (Å²) in [6.45, 7) is 3.49. The molecule has 0 aliphatic heterocycles. The van der Waals surface area contributed by atoms with Crippen molar-refractivity contribution in [1.29, 1.82) is 0 Å². The zero-order valence-electron chi connectivity index (χ0n) is 13.1. The molecule has 4 nitrogen and oxygen atoms in total. The van der Waals surface area contributed by atoms with Crippen LogP contribution in [0.5, 0.6) is 0 Å². The van der Waals surface area contributed by atoms with Crippen LogP contribution in [0.25, 0.3) is 0 Å². The van der Waals surface area contributed by atoms with E-state index in [9.17, 15) is 14.0 Å². The lowest BCUT2D eigenvalue weighted by Crippen LogP contribution is -2.21. The molecular formula is C18H18FNO3. The molecule has 0 heterocycles. The first-order valence-electron chi connectivity index (χ1n) is 7.20. The third-order valence-electron chi connectivity index (χ3n) is 3.11. The Kier molecular flexibility index (Phi) is 5.46. The first-order chi connectivity index (χ1) is 10.9. The third kappa shape index (κ3) is 5.54. The van der Waals surface area contributed by atoms with Gasteiger partial charge in [0.25, 0.3) is 5.91 Å². The minimum atomic E-state index is -0.578. The lowest BCUT2D eigenvalue weighted by molar-refractivity contribution is -0.146. The van der Waals surface area contributed by atoms with E-state index in [1.165, 1.54) is 18.2 Å². The number of hydrogen-bond acceptors (Lipinski definition) is 3. The predicted octanol–water partition coefficient (Wildman–Crippen LogP) is 3.17. The lowest BCUT2D eigenvalue weighted by atomic mass is 10.1. The monoisotopic (exact) mass is 315 g/mol. The fourth-order valence-electron chi connectivity index (χ4n) is 2.25. The van der Waals surface area contributed by atoms with E-state index in [0.717, 1.165) is 11.1 Å². The van der Waals surface area contributed by atoms with Crippen molar-refractivity contribution in [3.8, 4) is 0 Å². The molecule has 0 aromatic heterocycles. The molecule has 0 bridgehead atoms. The van der Waals surface area contributed by atoms with Crippen molar-refractivity contribution < 1.29 is 18.7 Å². The lowest BCUT2D eigenvalue weighted by Gasteiger charge is -2.08. The number of carbonyl (C=O) groups is 2. The van der Waals surface area contributed by atoms with Gasteiger partial charge in [0.15, 0.2) is 6.61 Å². The number of amides is 1. The minimum Gasteiger partial charge on any atom is -0.455 e. The Balaban J connectivity index is 1.83. The van der Waals surface area contributed by atoms with E-state index in [-0.39, 0.29) is 13.0 Å². The van der Waals surface area contributed by atoms with Crippen molar-refractivity contribution in [3.63, 3.8) is 0 Å². The van der Waals surface area contributed by atoms with Crippen molar-refractivity contribution in [1.82, 2.24) is 0 Å². The number of nitrogens with one attached hydrogen (secondary N) is 1. The van der Waals surface area contributed by atoms with E-state index in [2.05, 4.69) is 5.32 Å². The second-order valence-electron chi connectivity index (χ2n) is 5.39. The molecular weight excluding hydrogens is 297 g/mol. The number of anilines is 1. The van der Waals surface area contributed by atoms with E-state index in [1.54, 1.807) is 6.07 Å². The van der Waals surface area contributed by atoms with Crippen molar-refractivity contribution >= 4 is 17.6 Å². The smallest absolute Gasteiger partial charge is 0.310 e. The van der Waals surface area contributed by atoms with E-state index in [1.807, 2.05) is 32.0 Å². The van der Waals surface area contributed by atoms with E-state index < -0.39 is 17.7 Å². The van der Waals surface area contributed by atoms with E-state index in [0.29, 0.717) is 11.3 Å². The summed E-state index contributed by atoms with van der Waals surface area (Å²) in [7, 11) is 0. The Labute approximate surface area is 134 Å². The molecule has 0 atom stereocenters. The molecule has 0 saturated heterocycles. The summed E-state index contributed by atoms with van der Waals surface area (Å²) in [4.78, 5) is 23.5. The van der Waals surface area contributed by atoms with E-state index in [4.69, 9.17) is 4.74 Å². The first kappa shape index (κ1) is 16.7. The second kappa shape index (κ2) is 7.54. The molecule has 0 unspecified atom stereocenters. The average molecular weight is 315 g/mol. The second-order valence-corrected chi connectivity index (χ2v) is 5.39. The Morgan fingerprint density at radius 3 is 2.43 bits per heavy atom. The topological polar surface area (TPSA) is 55.4 Å². The zero-order valence-corrected chi connectivity index (χ0v) is 13.1. The van der Waals surface area contributed by atoms with Crippen LogP contribution in [0.1, 0.15) is 16.7 Å². The summed E-state index contributed by atoms with van der Waals surface area (Å²) < 4.78 is 17.9. The summed E-state index contributed by atoms with van der Waals surface area (Å²) in [5.41, 5.74) is 3.23. The van der Waals surface area contributed by atoms with Crippen LogP contribution in [0.2, 0.25) is 0 Å². The Bertz CT molecular complexity index is 708. The molecule has 120 valence electrons. The molecule has 0 aliphatic rings. The fourth-order valence-corrected chi connectivity index (χ4v) is 2.25. The highest BCUT2D eigenvalue weighted by molar-refractivity contribution is 5.93. The number of rotatable bonds is 5. The molecule has 0 radical (unpaired) electrons. The maximum Gasteiger partial charge on any atom is 0.310 e. The summed E-state index contributed by atoms with van der Waals surface area (Å²) >= 11 is 0. The quantitative estimate of drug-likeness (QED) is 0.862. The van der Waals surface area contributed by atoms with Gasteiger partial charge < -0.3 is 10.1 Å². The van der Waals surface area contributed by atoms with Gasteiger partial charge in [0, 0.05) is 5.69 Å². The molecule has 2 aromatic carbocycles. The van der Waals surface area contributed by atoms with Crippen molar-refractivity contribution in [3.05, 3.63) is 65.0 Å². The van der Waals surface area contributed by atoms with Gasteiger partial charge in [-0.2, -0.15) is 0 Å². The number of ether oxygens (including phenoxy) is 1. The highest BCUT2D eigenvalue weighted by Gasteiger charge is 2.09. The maximum absolute atomic E-state index is 13.0. The molecule has 0 aliphatic carbocycles. The van der Waals surface area contributed by atoms with Crippen LogP contribution in [0, 0.1) is 19.7 Å². The predicted molar refractivity (Wildman–Crippen MR) is 85.6 cm³/mol. The number of benzene rings is 2. The van der Waals surface area contributed by atoms with Gasteiger partial charge in [-0.25, -0.2) is 4.39 Å². The molecule has 0 fully saturated rings. The Morgan fingerprint density at radius 1 is 1.09 bits per heavy atom.